The molecule has 8 fully saturated rings. The maximum atomic E-state index is 13.5. The van der Waals surface area contributed by atoms with Crippen molar-refractivity contribution < 1.29 is 119 Å². The van der Waals surface area contributed by atoms with Crippen LogP contribution in [-0.2, 0) is 47.5 Å². The molecule has 0 aromatic rings. The Kier molecular flexibility index (Phi) is 16.8. The Labute approximate surface area is 453 Å². The molecule has 24 heteroatoms. The molecule has 0 aromatic heterocycles. The van der Waals surface area contributed by atoms with Gasteiger partial charge in [0.1, 0.15) is 91.2 Å². The molecule has 9 aliphatic rings. The monoisotopic (exact) mass is 1120 g/mol. The quantitative estimate of drug-likeness (QED) is 0.0722. The van der Waals surface area contributed by atoms with Crippen LogP contribution >= 0.6 is 0 Å². The lowest BCUT2D eigenvalue weighted by Crippen LogP contribution is -2.69. The van der Waals surface area contributed by atoms with E-state index in [-0.39, 0.29) is 47.4 Å². The number of rotatable bonds is 12. The number of allylic oxidation sites excluding steroid dienone is 2. The van der Waals surface area contributed by atoms with Crippen molar-refractivity contribution in [2.45, 2.75) is 242 Å². The first-order valence-corrected chi connectivity index (χ1v) is 27.7. The Morgan fingerprint density at radius 3 is 1.81 bits per heavy atom. The molecule has 4 saturated heterocycles. The minimum Gasteiger partial charge on any atom is -0.479 e. The highest BCUT2D eigenvalue weighted by Gasteiger charge is 2.71. The molecule has 446 valence electrons. The number of Topliss-reactive ketones (excluding diaryl/α,β-unsaturated/α-hetero) is 1. The maximum Gasteiger partial charge on any atom is 0.335 e. The Morgan fingerprint density at radius 1 is 0.615 bits per heavy atom. The van der Waals surface area contributed by atoms with Crippen LogP contribution in [0.15, 0.2) is 11.6 Å². The Balaban J connectivity index is 1.03. The van der Waals surface area contributed by atoms with Gasteiger partial charge >= 0.3 is 5.97 Å². The molecular formula is C54H86O24. The summed E-state index contributed by atoms with van der Waals surface area (Å²) in [5, 5.41) is 154. The Morgan fingerprint density at radius 2 is 1.19 bits per heavy atom. The molecule has 0 amide bonds. The molecule has 4 aliphatic heterocycles. The molecule has 0 radical (unpaired) electrons. The third kappa shape index (κ3) is 9.49. The zero-order valence-corrected chi connectivity index (χ0v) is 45.6. The molecule has 0 bridgehead atoms. The van der Waals surface area contributed by atoms with Gasteiger partial charge in [-0.05, 0) is 91.3 Å². The van der Waals surface area contributed by atoms with E-state index in [1.807, 2.05) is 27.7 Å². The largest absolute Gasteiger partial charge is 0.479 e. The summed E-state index contributed by atoms with van der Waals surface area (Å²) in [5.74, 6) is -1.83. The van der Waals surface area contributed by atoms with Crippen molar-refractivity contribution in [3.63, 3.8) is 0 Å². The number of aliphatic hydroxyl groups excluding tert-OH is 13. The highest BCUT2D eigenvalue weighted by Crippen LogP contribution is 2.76. The average Bonchev–Trinajstić information content (AvgIpc) is 3.25. The molecule has 5 aliphatic carbocycles. The van der Waals surface area contributed by atoms with Crippen molar-refractivity contribution >= 4 is 11.8 Å². The third-order valence-corrected chi connectivity index (χ3v) is 21.5. The SMILES string of the molecule is CC1OC(O[C@@H]2C(O)C(O[C@@H]3C(O[C@@H]4OC(CO)[C@@H](O)C(O)[C@H]4O)C(OC4CCC5(C)[C@H]6CC=C7C8CC(C)(C)C(=O)CC8(CO)[C@H](O)C[C@@]7(C)C6(C)CC[C@H]5C4(C)C)O[C@H](C(=O)O)C3O)O[C@H](CO)[C@@H]2O)C(O)C(O)[C@H]1O. The van der Waals surface area contributed by atoms with Gasteiger partial charge in [-0.15, -0.1) is 0 Å². The van der Waals surface area contributed by atoms with E-state index < -0.39 is 176 Å². The zero-order valence-electron chi connectivity index (χ0n) is 45.6. The molecule has 9 rings (SSSR count). The van der Waals surface area contributed by atoms with Crippen molar-refractivity contribution in [1.82, 2.24) is 0 Å². The summed E-state index contributed by atoms with van der Waals surface area (Å²) in [6, 6.07) is 0. The smallest absolute Gasteiger partial charge is 0.335 e. The second kappa shape index (κ2) is 21.6. The minimum atomic E-state index is -2.24. The molecule has 4 heterocycles. The highest BCUT2D eigenvalue weighted by atomic mass is 16.8. The summed E-state index contributed by atoms with van der Waals surface area (Å²) < 4.78 is 48.5. The average molecular weight is 1120 g/mol. The molecule has 16 unspecified atom stereocenters. The van der Waals surface area contributed by atoms with Crippen LogP contribution in [0.3, 0.4) is 0 Å². The van der Waals surface area contributed by atoms with Crippen LogP contribution in [0.4, 0.5) is 0 Å². The number of ether oxygens (including phenoxy) is 8. The van der Waals surface area contributed by atoms with Gasteiger partial charge in [0.15, 0.2) is 31.3 Å². The number of hydrogen-bond acceptors (Lipinski definition) is 23. The first-order chi connectivity index (χ1) is 36.4. The summed E-state index contributed by atoms with van der Waals surface area (Å²) in [7, 11) is 0. The van der Waals surface area contributed by atoms with E-state index in [0.717, 1.165) is 6.42 Å². The Hall–Kier alpha value is -1.96. The number of carboxylic acids is 1. The van der Waals surface area contributed by atoms with Crippen LogP contribution in [0, 0.1) is 50.2 Å². The van der Waals surface area contributed by atoms with Crippen LogP contribution < -0.4 is 0 Å². The lowest BCUT2D eigenvalue weighted by Gasteiger charge is -2.72. The number of ketones is 1. The predicted octanol–water partition coefficient (Wildman–Crippen LogP) is -2.29. The first-order valence-electron chi connectivity index (χ1n) is 27.7. The van der Waals surface area contributed by atoms with Crippen LogP contribution in [0.5, 0.6) is 0 Å². The van der Waals surface area contributed by atoms with Gasteiger partial charge < -0.3 is 109 Å². The van der Waals surface area contributed by atoms with Gasteiger partial charge in [0.25, 0.3) is 0 Å². The van der Waals surface area contributed by atoms with Crippen LogP contribution in [0.25, 0.3) is 0 Å². The van der Waals surface area contributed by atoms with Crippen molar-refractivity contribution in [3.8, 4) is 0 Å². The van der Waals surface area contributed by atoms with E-state index in [1.54, 1.807) is 0 Å². The fourth-order valence-corrected chi connectivity index (χ4v) is 16.5. The highest BCUT2D eigenvalue weighted by molar-refractivity contribution is 5.86. The van der Waals surface area contributed by atoms with Gasteiger partial charge in [-0.2, -0.15) is 0 Å². The van der Waals surface area contributed by atoms with Crippen molar-refractivity contribution in [3.05, 3.63) is 11.6 Å². The van der Waals surface area contributed by atoms with Gasteiger partial charge in [-0.3, -0.25) is 4.79 Å². The van der Waals surface area contributed by atoms with Crippen LogP contribution in [-0.4, -0.2) is 238 Å². The summed E-state index contributed by atoms with van der Waals surface area (Å²) in [5.41, 5.74) is -2.31. The maximum absolute atomic E-state index is 13.5. The molecule has 0 spiro atoms. The Bertz CT molecular complexity index is 2210. The number of aliphatic carboxylic acids is 1. The fraction of sp³-hybridized carbons (Fsp3) is 0.926. The van der Waals surface area contributed by atoms with Gasteiger partial charge in [-0.1, -0.05) is 60.1 Å². The standard InChI is InChI=1S/C54H86O24/c1-21-31(60)34(63)36(65)45(71-21)75-40-33(62)25(19-56)73-47(39(40)68)76-41-38(67)42(44(69)70)77-48(43(41)78-46-37(66)35(64)32(61)24(18-55)72-46)74-30-12-13-51(6)26(50(30,4)5)11-14-52(7)27(51)10-9-22-23-15-49(2,3)28(58)17-54(23,20-57)29(59)16-53(22,52)8/h9,21,23-27,29-43,45-48,55-57,59-68H,10-20H2,1-8H3,(H,69,70)/t21?,23?,24?,25-,26+,27-,29-,30?,31+,32-,33+,34?,35?,36?,37-,38?,39?,40+,41+,42+,43?,45?,46+,47?,48?,51?,52?,53-,54?/m1/s1. The summed E-state index contributed by atoms with van der Waals surface area (Å²) >= 11 is 0. The molecule has 78 heavy (non-hydrogen) atoms. The molecule has 0 aromatic carbocycles. The van der Waals surface area contributed by atoms with Gasteiger partial charge in [0, 0.05) is 17.3 Å². The molecule has 14 N–H and O–H groups in total. The minimum absolute atomic E-state index is 0.0367. The number of carboxylic acid groups (broad SMARTS) is 1. The van der Waals surface area contributed by atoms with Gasteiger partial charge in [0.05, 0.1) is 38.1 Å². The number of fused-ring (bicyclic) bond motifs is 7. The normalized spacial score (nSPS) is 53.9. The van der Waals surface area contributed by atoms with Crippen molar-refractivity contribution in [2.75, 3.05) is 19.8 Å². The van der Waals surface area contributed by atoms with E-state index in [2.05, 4.69) is 26.8 Å². The van der Waals surface area contributed by atoms with E-state index in [0.29, 0.717) is 38.5 Å². The van der Waals surface area contributed by atoms with Crippen molar-refractivity contribution in [1.29, 1.82) is 0 Å². The van der Waals surface area contributed by atoms with Gasteiger partial charge in [-0.25, -0.2) is 4.79 Å². The number of carbonyl (C=O) groups is 2. The van der Waals surface area contributed by atoms with E-state index in [4.69, 9.17) is 37.9 Å². The predicted molar refractivity (Wildman–Crippen MR) is 264 cm³/mol. The van der Waals surface area contributed by atoms with Crippen LogP contribution in [0.1, 0.15) is 107 Å². The first kappa shape index (κ1) is 60.6. The number of aliphatic hydroxyl groups is 13. The van der Waals surface area contributed by atoms with Crippen LogP contribution in [0.2, 0.25) is 0 Å². The van der Waals surface area contributed by atoms with Crippen molar-refractivity contribution in [2.24, 2.45) is 50.2 Å². The van der Waals surface area contributed by atoms with Gasteiger partial charge in [0.2, 0.25) is 0 Å². The topological polar surface area (TPSA) is 391 Å². The van der Waals surface area contributed by atoms with E-state index in [1.165, 1.54) is 12.5 Å². The molecule has 24 nitrogen and oxygen atoms in total. The summed E-state index contributed by atoms with van der Waals surface area (Å²) in [6.07, 6.45) is -32.4. The van der Waals surface area contributed by atoms with E-state index >= 15 is 0 Å². The second-order valence-electron chi connectivity index (χ2n) is 26.3. The number of hydrogen-bond donors (Lipinski definition) is 14. The zero-order chi connectivity index (χ0) is 57.3. The lowest BCUT2D eigenvalue weighted by molar-refractivity contribution is -0.402. The fourth-order valence-electron chi connectivity index (χ4n) is 16.5. The molecule has 29 atom stereocenters. The third-order valence-electron chi connectivity index (χ3n) is 21.5. The van der Waals surface area contributed by atoms with E-state index in [9.17, 15) is 81.1 Å². The molecule has 4 saturated carbocycles. The number of carbonyl (C=O) groups excluding carboxylic acids is 1. The summed E-state index contributed by atoms with van der Waals surface area (Å²) in [4.78, 5) is 26.6. The second-order valence-corrected chi connectivity index (χ2v) is 26.3. The summed E-state index contributed by atoms with van der Waals surface area (Å²) in [6.45, 7) is 14.1. The molecular weight excluding hydrogens is 1030 g/mol. The lowest BCUT2D eigenvalue weighted by atomic mass is 9.33.